The van der Waals surface area contributed by atoms with Crippen LogP contribution in [0.5, 0.6) is 5.75 Å². The van der Waals surface area contributed by atoms with E-state index in [2.05, 4.69) is 15.3 Å². The van der Waals surface area contributed by atoms with Crippen LogP contribution < -0.4 is 10.1 Å². The Balaban J connectivity index is 1.45. The summed E-state index contributed by atoms with van der Waals surface area (Å²) >= 11 is 0. The number of fused-ring (bicyclic) bond motifs is 1. The first kappa shape index (κ1) is 19.6. The van der Waals surface area contributed by atoms with Crippen molar-refractivity contribution in [2.75, 3.05) is 5.32 Å². The molecule has 2 aromatic heterocycles. The Morgan fingerprint density at radius 3 is 2.78 bits per heavy atom. The summed E-state index contributed by atoms with van der Waals surface area (Å²) in [5.41, 5.74) is 2.14. The summed E-state index contributed by atoms with van der Waals surface area (Å²) in [6.07, 6.45) is 3.60. The number of hydrogen-bond donors (Lipinski definition) is 1. The van der Waals surface area contributed by atoms with E-state index in [1.54, 1.807) is 36.5 Å². The van der Waals surface area contributed by atoms with E-state index < -0.39 is 5.82 Å². The molecule has 1 N–H and O–H groups in total. The third kappa shape index (κ3) is 3.98. The van der Waals surface area contributed by atoms with Crippen molar-refractivity contribution in [3.05, 3.63) is 83.8 Å². The van der Waals surface area contributed by atoms with E-state index in [-0.39, 0.29) is 17.6 Å². The molecule has 1 amide bonds. The van der Waals surface area contributed by atoms with Gasteiger partial charge in [0, 0.05) is 22.7 Å². The molecule has 1 aliphatic carbocycles. The van der Waals surface area contributed by atoms with Gasteiger partial charge in [0.05, 0.1) is 11.7 Å². The van der Waals surface area contributed by atoms with Crippen molar-refractivity contribution in [2.45, 2.75) is 18.9 Å². The summed E-state index contributed by atoms with van der Waals surface area (Å²) in [6.45, 7) is 0. The second kappa shape index (κ2) is 8.08. The highest BCUT2D eigenvalue weighted by molar-refractivity contribution is 6.04. The number of amides is 1. The van der Waals surface area contributed by atoms with Gasteiger partial charge in [-0.25, -0.2) is 14.4 Å². The number of aromatic nitrogens is 2. The summed E-state index contributed by atoms with van der Waals surface area (Å²) in [7, 11) is 0. The van der Waals surface area contributed by atoms with Gasteiger partial charge in [0.15, 0.2) is 5.65 Å². The minimum atomic E-state index is -0.597. The number of benzene rings is 2. The highest BCUT2D eigenvalue weighted by atomic mass is 19.1. The number of carbonyl (C=O) groups excluding carboxylic acids is 1. The first-order chi connectivity index (χ1) is 15.6. The van der Waals surface area contributed by atoms with Crippen LogP contribution >= 0.6 is 0 Å². The highest BCUT2D eigenvalue weighted by Crippen LogP contribution is 2.36. The Hall–Kier alpha value is -4.31. The van der Waals surface area contributed by atoms with Gasteiger partial charge in [0.25, 0.3) is 5.91 Å². The lowest BCUT2D eigenvalue weighted by molar-refractivity contribution is 0.102. The van der Waals surface area contributed by atoms with Gasteiger partial charge in [0.1, 0.15) is 23.5 Å². The van der Waals surface area contributed by atoms with Crippen LogP contribution in [0.2, 0.25) is 0 Å². The lowest BCUT2D eigenvalue weighted by atomic mass is 10.0. The normalized spacial score (nSPS) is 12.9. The fourth-order valence-electron chi connectivity index (χ4n) is 3.35. The van der Waals surface area contributed by atoms with Crippen LogP contribution in [0.1, 0.15) is 28.8 Å². The van der Waals surface area contributed by atoms with Crippen molar-refractivity contribution in [1.29, 1.82) is 5.26 Å². The highest BCUT2D eigenvalue weighted by Gasteiger charge is 2.25. The Morgan fingerprint density at radius 2 is 2.00 bits per heavy atom. The molecule has 2 aromatic carbocycles. The first-order valence-electron chi connectivity index (χ1n) is 10.1. The van der Waals surface area contributed by atoms with Gasteiger partial charge >= 0.3 is 0 Å². The molecular formula is C25H17FN4O2. The molecule has 1 fully saturated rings. The number of anilines is 1. The largest absolute Gasteiger partial charge is 0.490 e. The van der Waals surface area contributed by atoms with E-state index in [0.717, 1.165) is 18.2 Å². The predicted molar refractivity (Wildman–Crippen MR) is 118 cm³/mol. The Morgan fingerprint density at radius 1 is 1.12 bits per heavy atom. The minimum absolute atomic E-state index is 0.0215. The van der Waals surface area contributed by atoms with Gasteiger partial charge in [-0.1, -0.05) is 6.07 Å². The number of hydrogen-bond acceptors (Lipinski definition) is 5. The zero-order chi connectivity index (χ0) is 22.1. The third-order valence-corrected chi connectivity index (χ3v) is 5.17. The molecule has 2 heterocycles. The van der Waals surface area contributed by atoms with Crippen molar-refractivity contribution >= 4 is 22.8 Å². The number of nitriles is 1. The zero-order valence-electron chi connectivity index (χ0n) is 16.9. The number of carbonyl (C=O) groups is 1. The fourth-order valence-corrected chi connectivity index (χ4v) is 3.35. The molecule has 1 saturated carbocycles. The van der Waals surface area contributed by atoms with E-state index in [0.29, 0.717) is 33.9 Å². The van der Waals surface area contributed by atoms with Gasteiger partial charge in [-0.05, 0) is 73.0 Å². The Bertz CT molecular complexity index is 1390. The van der Waals surface area contributed by atoms with Crippen molar-refractivity contribution < 1.29 is 13.9 Å². The SMILES string of the molecule is N#Cc1ccc(-c2ccc(C(=O)Nc3ccc4cccnc4n3)cc2OC2CC2)cc1F. The van der Waals surface area contributed by atoms with Crippen molar-refractivity contribution in [3.63, 3.8) is 0 Å². The van der Waals surface area contributed by atoms with Crippen molar-refractivity contribution in [3.8, 4) is 22.9 Å². The number of rotatable bonds is 5. The number of nitrogens with one attached hydrogen (secondary N) is 1. The average Bonchev–Trinajstić information content (AvgIpc) is 3.63. The van der Waals surface area contributed by atoms with E-state index in [1.165, 1.54) is 12.1 Å². The van der Waals surface area contributed by atoms with Crippen LogP contribution in [0.4, 0.5) is 10.2 Å². The number of ether oxygens (including phenoxy) is 1. The first-order valence-corrected chi connectivity index (χ1v) is 10.1. The molecule has 6 nitrogen and oxygen atoms in total. The van der Waals surface area contributed by atoms with E-state index >= 15 is 0 Å². The lowest BCUT2D eigenvalue weighted by Gasteiger charge is -2.14. The average molecular weight is 424 g/mol. The quantitative estimate of drug-likeness (QED) is 0.481. The summed E-state index contributed by atoms with van der Waals surface area (Å²) in [6, 6.07) is 18.5. The molecule has 0 unspecified atom stereocenters. The van der Waals surface area contributed by atoms with Crippen LogP contribution in [0.15, 0.2) is 66.9 Å². The number of halogens is 1. The fraction of sp³-hybridized carbons (Fsp3) is 0.120. The van der Waals surface area contributed by atoms with Crippen LogP contribution in [-0.4, -0.2) is 22.0 Å². The molecule has 0 bridgehead atoms. The molecule has 32 heavy (non-hydrogen) atoms. The Kier molecular flexibility index (Phi) is 4.96. The molecule has 0 spiro atoms. The van der Waals surface area contributed by atoms with E-state index in [9.17, 15) is 9.18 Å². The third-order valence-electron chi connectivity index (χ3n) is 5.17. The zero-order valence-corrected chi connectivity index (χ0v) is 16.9. The molecule has 0 atom stereocenters. The smallest absolute Gasteiger partial charge is 0.256 e. The van der Waals surface area contributed by atoms with Gasteiger partial charge in [0.2, 0.25) is 0 Å². The summed E-state index contributed by atoms with van der Waals surface area (Å²) < 4.78 is 20.2. The van der Waals surface area contributed by atoms with E-state index in [1.807, 2.05) is 24.3 Å². The maximum absolute atomic E-state index is 14.2. The maximum atomic E-state index is 14.2. The van der Waals surface area contributed by atoms with Gasteiger partial charge in [-0.3, -0.25) is 4.79 Å². The molecule has 7 heteroatoms. The van der Waals surface area contributed by atoms with E-state index in [4.69, 9.17) is 10.00 Å². The number of nitrogens with zero attached hydrogens (tertiary/aromatic N) is 3. The lowest BCUT2D eigenvalue weighted by Crippen LogP contribution is -2.13. The summed E-state index contributed by atoms with van der Waals surface area (Å²) in [5.74, 6) is -0.0485. The second-order valence-corrected chi connectivity index (χ2v) is 7.54. The molecule has 1 aliphatic rings. The topological polar surface area (TPSA) is 87.9 Å². The predicted octanol–water partition coefficient (Wildman–Crippen LogP) is 5.10. The molecule has 5 rings (SSSR count). The monoisotopic (exact) mass is 424 g/mol. The molecule has 0 radical (unpaired) electrons. The molecule has 156 valence electrons. The number of pyridine rings is 2. The van der Waals surface area contributed by atoms with Crippen LogP contribution in [0.25, 0.3) is 22.2 Å². The second-order valence-electron chi connectivity index (χ2n) is 7.54. The van der Waals surface area contributed by atoms with Crippen molar-refractivity contribution in [2.24, 2.45) is 0 Å². The molecular weight excluding hydrogens is 407 g/mol. The van der Waals surface area contributed by atoms with Gasteiger partial charge < -0.3 is 10.1 Å². The molecule has 0 aliphatic heterocycles. The minimum Gasteiger partial charge on any atom is -0.490 e. The standard InChI is InChI=1S/C25H17FN4O2/c26-21-12-16(3-4-18(21)14-27)20-9-5-17(13-22(20)32-19-7-8-19)25(31)30-23-10-6-15-2-1-11-28-24(15)29-23/h1-6,9-13,19H,7-8H2,(H,28,29,30,31). The van der Waals surface area contributed by atoms with Crippen LogP contribution in [-0.2, 0) is 0 Å². The van der Waals surface area contributed by atoms with Crippen LogP contribution in [0, 0.1) is 17.1 Å². The summed E-state index contributed by atoms with van der Waals surface area (Å²) in [5, 5.41) is 12.6. The molecule has 4 aromatic rings. The van der Waals surface area contributed by atoms with Crippen molar-refractivity contribution in [1.82, 2.24) is 9.97 Å². The summed E-state index contributed by atoms with van der Waals surface area (Å²) in [4.78, 5) is 21.4. The Labute approximate surface area is 183 Å². The van der Waals surface area contributed by atoms with Gasteiger partial charge in [-0.2, -0.15) is 5.26 Å². The molecule has 0 saturated heterocycles. The van der Waals surface area contributed by atoms with Gasteiger partial charge in [-0.15, -0.1) is 0 Å². The maximum Gasteiger partial charge on any atom is 0.256 e. The van der Waals surface area contributed by atoms with Crippen LogP contribution in [0.3, 0.4) is 0 Å².